The Balaban J connectivity index is 1.28. The summed E-state index contributed by atoms with van der Waals surface area (Å²) in [6, 6.07) is 12.6. The van der Waals surface area contributed by atoms with Crippen molar-refractivity contribution in [1.29, 1.82) is 0 Å². The number of nitrogens with zero attached hydrogens (tertiary/aromatic N) is 4. The molecule has 1 aliphatic carbocycles. The number of hydrogen-bond acceptors (Lipinski definition) is 7. The molecule has 3 fully saturated rings. The second-order valence-electron chi connectivity index (χ2n) is 11.8. The minimum absolute atomic E-state index is 0.170. The van der Waals surface area contributed by atoms with E-state index in [-0.39, 0.29) is 11.6 Å². The zero-order valence-corrected chi connectivity index (χ0v) is 23.5. The molecule has 3 N–H and O–H groups in total. The standard InChI is InChI=1S/C30H40N6O2S/c31-39(37,38)29-26(16-21-4-2-1-3-5-21)10-11-27(28(29)30-33-20-34-35-30)25-8-6-23(7-9-25)24-12-14-36(15-13-24)19-22-17-32-18-22/h6-11,21-22,24,32H,1-5,12-20H2,(H2,31,37,38). The fourth-order valence-corrected chi connectivity index (χ4v) is 7.86. The van der Waals surface area contributed by atoms with Gasteiger partial charge in [0.05, 0.1) is 4.90 Å². The van der Waals surface area contributed by atoms with E-state index in [1.807, 2.05) is 12.1 Å². The van der Waals surface area contributed by atoms with Crippen molar-refractivity contribution in [3.05, 3.63) is 53.1 Å². The number of azo groups is 1. The van der Waals surface area contributed by atoms with Gasteiger partial charge >= 0.3 is 0 Å². The molecule has 2 saturated heterocycles. The van der Waals surface area contributed by atoms with Crippen LogP contribution in [-0.4, -0.2) is 58.5 Å². The predicted molar refractivity (Wildman–Crippen MR) is 155 cm³/mol. The SMILES string of the molecule is NS(=O)(=O)c1c(CC2CCCCC2)ccc(-c2ccc(C3CCN(CC4CNC4)CC3)cc2)c1C1=NCN=N1. The lowest BCUT2D eigenvalue weighted by Crippen LogP contribution is -2.49. The summed E-state index contributed by atoms with van der Waals surface area (Å²) in [5, 5.41) is 17.5. The Morgan fingerprint density at radius 1 is 0.923 bits per heavy atom. The molecule has 2 aromatic rings. The van der Waals surface area contributed by atoms with Gasteiger partial charge in [-0.15, -0.1) is 5.11 Å². The quantitative estimate of drug-likeness (QED) is 0.498. The summed E-state index contributed by atoms with van der Waals surface area (Å²) >= 11 is 0. The van der Waals surface area contributed by atoms with Crippen molar-refractivity contribution in [2.45, 2.75) is 62.2 Å². The number of sulfonamides is 1. The van der Waals surface area contributed by atoms with Gasteiger partial charge in [0.15, 0.2) is 12.5 Å². The van der Waals surface area contributed by atoms with Gasteiger partial charge in [0.1, 0.15) is 0 Å². The minimum atomic E-state index is -4.01. The molecule has 0 aromatic heterocycles. The van der Waals surface area contributed by atoms with E-state index in [1.54, 1.807) is 0 Å². The van der Waals surface area contributed by atoms with E-state index >= 15 is 0 Å². The molecule has 0 radical (unpaired) electrons. The molecular formula is C30H40N6O2S. The van der Waals surface area contributed by atoms with Gasteiger partial charge in [-0.3, -0.25) is 0 Å². The largest absolute Gasteiger partial charge is 0.316 e. The molecule has 0 bridgehead atoms. The van der Waals surface area contributed by atoms with E-state index in [9.17, 15) is 8.42 Å². The topological polar surface area (TPSA) is 113 Å². The van der Waals surface area contributed by atoms with Crippen LogP contribution in [0.5, 0.6) is 0 Å². The van der Waals surface area contributed by atoms with E-state index in [0.717, 1.165) is 61.6 Å². The third-order valence-corrected chi connectivity index (χ3v) is 10.1. The van der Waals surface area contributed by atoms with Crippen LogP contribution in [0.15, 0.2) is 56.5 Å². The smallest absolute Gasteiger partial charge is 0.239 e. The molecule has 0 atom stereocenters. The molecule has 0 unspecified atom stereocenters. The molecule has 8 nitrogen and oxygen atoms in total. The normalized spacial score (nSPS) is 21.7. The van der Waals surface area contributed by atoms with Crippen LogP contribution in [0.1, 0.15) is 67.6 Å². The number of piperidine rings is 1. The summed E-state index contributed by atoms with van der Waals surface area (Å²) < 4.78 is 26.2. The lowest BCUT2D eigenvalue weighted by molar-refractivity contribution is 0.158. The third kappa shape index (κ3) is 6.01. The second-order valence-corrected chi connectivity index (χ2v) is 13.3. The second kappa shape index (κ2) is 11.6. The van der Waals surface area contributed by atoms with Gasteiger partial charge in [-0.25, -0.2) is 18.5 Å². The molecule has 3 aliphatic heterocycles. The van der Waals surface area contributed by atoms with Gasteiger partial charge in [-0.1, -0.05) is 68.5 Å². The number of benzene rings is 2. The third-order valence-electron chi connectivity index (χ3n) is 9.09. The van der Waals surface area contributed by atoms with Gasteiger partial charge in [-0.2, -0.15) is 5.11 Å². The minimum Gasteiger partial charge on any atom is -0.316 e. The summed E-state index contributed by atoms with van der Waals surface area (Å²) in [6.45, 7) is 6.04. The number of hydrogen-bond donors (Lipinski definition) is 2. The Hall–Kier alpha value is -2.46. The van der Waals surface area contributed by atoms with Crippen molar-refractivity contribution < 1.29 is 8.42 Å². The van der Waals surface area contributed by atoms with Gasteiger partial charge in [0.2, 0.25) is 10.0 Å². The molecule has 208 valence electrons. The van der Waals surface area contributed by atoms with E-state index in [4.69, 9.17) is 5.14 Å². The number of rotatable bonds is 8. The van der Waals surface area contributed by atoms with Crippen LogP contribution in [0.2, 0.25) is 0 Å². The van der Waals surface area contributed by atoms with Crippen molar-refractivity contribution in [3.63, 3.8) is 0 Å². The van der Waals surface area contributed by atoms with Gasteiger partial charge in [0.25, 0.3) is 0 Å². The fraction of sp³-hybridized carbons (Fsp3) is 0.567. The Bertz CT molecular complexity index is 1340. The molecule has 4 aliphatic rings. The molecule has 1 saturated carbocycles. The van der Waals surface area contributed by atoms with E-state index < -0.39 is 10.0 Å². The highest BCUT2D eigenvalue weighted by Crippen LogP contribution is 2.37. The lowest BCUT2D eigenvalue weighted by atomic mass is 9.83. The summed E-state index contributed by atoms with van der Waals surface area (Å²) in [4.78, 5) is 7.22. The van der Waals surface area contributed by atoms with E-state index in [0.29, 0.717) is 29.7 Å². The molecule has 0 amide bonds. The maximum absolute atomic E-state index is 13.1. The zero-order chi connectivity index (χ0) is 26.8. The molecule has 9 heteroatoms. The summed E-state index contributed by atoms with van der Waals surface area (Å²) in [5.74, 6) is 2.20. The molecule has 39 heavy (non-hydrogen) atoms. The summed E-state index contributed by atoms with van der Waals surface area (Å²) in [7, 11) is -4.01. The fourth-order valence-electron chi connectivity index (χ4n) is 6.86. The maximum Gasteiger partial charge on any atom is 0.239 e. The molecular weight excluding hydrogens is 508 g/mol. The van der Waals surface area contributed by atoms with Crippen LogP contribution in [0, 0.1) is 11.8 Å². The van der Waals surface area contributed by atoms with Crippen LogP contribution in [0.4, 0.5) is 0 Å². The number of primary sulfonamides is 1. The highest BCUT2D eigenvalue weighted by Gasteiger charge is 2.29. The number of nitrogens with one attached hydrogen (secondary N) is 1. The van der Waals surface area contributed by atoms with Crippen molar-refractivity contribution in [2.75, 3.05) is 39.4 Å². The van der Waals surface area contributed by atoms with Crippen LogP contribution in [-0.2, 0) is 16.4 Å². The summed E-state index contributed by atoms with van der Waals surface area (Å²) in [5.41, 5.74) is 4.36. The van der Waals surface area contributed by atoms with Crippen molar-refractivity contribution >= 4 is 15.9 Å². The highest BCUT2D eigenvalue weighted by molar-refractivity contribution is 7.89. The van der Waals surface area contributed by atoms with Crippen LogP contribution >= 0.6 is 0 Å². The number of nitrogens with two attached hydrogens (primary N) is 1. The van der Waals surface area contributed by atoms with Gasteiger partial charge in [-0.05, 0) is 72.4 Å². The molecule has 3 heterocycles. The average molecular weight is 549 g/mol. The predicted octanol–water partition coefficient (Wildman–Crippen LogP) is 4.69. The Kier molecular flexibility index (Phi) is 7.93. The first kappa shape index (κ1) is 26.7. The Labute approximate surface area is 232 Å². The van der Waals surface area contributed by atoms with E-state index in [2.05, 4.69) is 49.7 Å². The molecule has 6 rings (SSSR count). The molecule has 0 spiro atoms. The first-order valence-electron chi connectivity index (χ1n) is 14.6. The van der Waals surface area contributed by atoms with Crippen LogP contribution in [0.25, 0.3) is 11.1 Å². The van der Waals surface area contributed by atoms with Gasteiger partial charge in [0, 0.05) is 25.2 Å². The van der Waals surface area contributed by atoms with Gasteiger partial charge < -0.3 is 10.2 Å². The Morgan fingerprint density at radius 2 is 1.67 bits per heavy atom. The monoisotopic (exact) mass is 548 g/mol. The van der Waals surface area contributed by atoms with Crippen LogP contribution < -0.4 is 10.5 Å². The number of amidine groups is 1. The lowest BCUT2D eigenvalue weighted by Gasteiger charge is -2.37. The first-order valence-corrected chi connectivity index (χ1v) is 16.1. The van der Waals surface area contributed by atoms with Crippen LogP contribution in [0.3, 0.4) is 0 Å². The molecule has 2 aromatic carbocycles. The average Bonchev–Trinajstić information content (AvgIpc) is 3.46. The number of aliphatic imine (C=N–C) groups is 1. The highest BCUT2D eigenvalue weighted by atomic mass is 32.2. The maximum atomic E-state index is 13.1. The Morgan fingerprint density at radius 3 is 2.28 bits per heavy atom. The van der Waals surface area contributed by atoms with Crippen molar-refractivity contribution in [3.8, 4) is 11.1 Å². The summed E-state index contributed by atoms with van der Waals surface area (Å²) in [6.07, 6.45) is 8.96. The number of likely N-dealkylation sites (tertiary alicyclic amines) is 1. The van der Waals surface area contributed by atoms with E-state index in [1.165, 1.54) is 44.2 Å². The van der Waals surface area contributed by atoms with Crippen molar-refractivity contribution in [1.82, 2.24) is 10.2 Å². The zero-order valence-electron chi connectivity index (χ0n) is 22.7. The van der Waals surface area contributed by atoms with Crippen molar-refractivity contribution in [2.24, 2.45) is 32.2 Å². The first-order chi connectivity index (χ1) is 19.0.